The molecule has 2 nitrogen and oxygen atoms in total. The SMILES string of the molecule is CC(C)CCCOC(=O)CCCCCl. The van der Waals surface area contributed by atoms with Crippen LogP contribution in [0.1, 0.15) is 46.0 Å². The smallest absolute Gasteiger partial charge is 0.305 e. The van der Waals surface area contributed by atoms with Crippen molar-refractivity contribution in [2.24, 2.45) is 5.92 Å². The zero-order valence-electron chi connectivity index (χ0n) is 9.22. The van der Waals surface area contributed by atoms with E-state index >= 15 is 0 Å². The van der Waals surface area contributed by atoms with E-state index in [4.69, 9.17) is 16.3 Å². The lowest BCUT2D eigenvalue weighted by molar-refractivity contribution is -0.143. The van der Waals surface area contributed by atoms with Gasteiger partial charge in [0.1, 0.15) is 0 Å². The number of hydrogen-bond acceptors (Lipinski definition) is 2. The minimum atomic E-state index is -0.0844. The molecule has 0 atom stereocenters. The van der Waals surface area contributed by atoms with E-state index < -0.39 is 0 Å². The second-order valence-corrected chi connectivity index (χ2v) is 4.28. The monoisotopic (exact) mass is 220 g/mol. The molecule has 0 aliphatic rings. The first-order valence-electron chi connectivity index (χ1n) is 5.38. The second-order valence-electron chi connectivity index (χ2n) is 3.90. The lowest BCUT2D eigenvalue weighted by Gasteiger charge is -2.05. The Morgan fingerprint density at radius 3 is 2.57 bits per heavy atom. The molecule has 0 unspecified atom stereocenters. The number of ether oxygens (including phenoxy) is 1. The molecule has 0 aromatic heterocycles. The van der Waals surface area contributed by atoms with Crippen LogP contribution in [0, 0.1) is 5.92 Å². The maximum absolute atomic E-state index is 11.1. The third-order valence-corrected chi connectivity index (χ3v) is 2.22. The number of carbonyl (C=O) groups excluding carboxylic acids is 1. The van der Waals surface area contributed by atoms with Crippen molar-refractivity contribution in [3.8, 4) is 0 Å². The van der Waals surface area contributed by atoms with Crippen LogP contribution in [-0.4, -0.2) is 18.5 Å². The van der Waals surface area contributed by atoms with Crippen LogP contribution in [0.5, 0.6) is 0 Å². The summed E-state index contributed by atoms with van der Waals surface area (Å²) >= 11 is 5.49. The summed E-state index contributed by atoms with van der Waals surface area (Å²) in [4.78, 5) is 11.1. The van der Waals surface area contributed by atoms with E-state index in [-0.39, 0.29) is 5.97 Å². The van der Waals surface area contributed by atoms with Crippen molar-refractivity contribution in [3.63, 3.8) is 0 Å². The number of esters is 1. The van der Waals surface area contributed by atoms with Gasteiger partial charge in [0.15, 0.2) is 0 Å². The molecule has 0 rings (SSSR count). The maximum atomic E-state index is 11.1. The van der Waals surface area contributed by atoms with Gasteiger partial charge in [0, 0.05) is 12.3 Å². The molecule has 0 amide bonds. The molecule has 0 aromatic carbocycles. The fraction of sp³-hybridized carbons (Fsp3) is 0.909. The lowest BCUT2D eigenvalue weighted by atomic mass is 10.1. The fourth-order valence-electron chi connectivity index (χ4n) is 1.11. The van der Waals surface area contributed by atoms with Gasteiger partial charge in [-0.25, -0.2) is 0 Å². The van der Waals surface area contributed by atoms with Crippen LogP contribution in [0.3, 0.4) is 0 Å². The topological polar surface area (TPSA) is 26.3 Å². The molecule has 0 spiro atoms. The first-order valence-corrected chi connectivity index (χ1v) is 5.92. The van der Waals surface area contributed by atoms with Crippen LogP contribution >= 0.6 is 11.6 Å². The molecule has 0 aliphatic carbocycles. The Morgan fingerprint density at radius 2 is 2.00 bits per heavy atom. The summed E-state index contributed by atoms with van der Waals surface area (Å²) in [6.45, 7) is 4.91. The number of unbranched alkanes of at least 4 members (excludes halogenated alkanes) is 1. The summed E-state index contributed by atoms with van der Waals surface area (Å²) in [5.41, 5.74) is 0. The van der Waals surface area contributed by atoms with Crippen molar-refractivity contribution in [2.75, 3.05) is 12.5 Å². The Kier molecular flexibility index (Phi) is 9.16. The van der Waals surface area contributed by atoms with Gasteiger partial charge in [0.2, 0.25) is 0 Å². The van der Waals surface area contributed by atoms with Gasteiger partial charge < -0.3 is 4.74 Å². The van der Waals surface area contributed by atoms with Gasteiger partial charge in [-0.2, -0.15) is 0 Å². The zero-order chi connectivity index (χ0) is 10.8. The van der Waals surface area contributed by atoms with Crippen LogP contribution in [-0.2, 0) is 9.53 Å². The van der Waals surface area contributed by atoms with E-state index in [0.717, 1.165) is 25.7 Å². The Labute approximate surface area is 92.0 Å². The molecule has 3 heteroatoms. The molecule has 0 aromatic rings. The van der Waals surface area contributed by atoms with Gasteiger partial charge in [0.05, 0.1) is 6.61 Å². The van der Waals surface area contributed by atoms with Crippen LogP contribution in [0.4, 0.5) is 0 Å². The van der Waals surface area contributed by atoms with Gasteiger partial charge >= 0.3 is 5.97 Å². The summed E-state index contributed by atoms with van der Waals surface area (Å²) in [6.07, 6.45) is 4.33. The van der Waals surface area contributed by atoms with Crippen LogP contribution in [0.2, 0.25) is 0 Å². The standard InChI is InChI=1S/C11H21ClO2/c1-10(2)6-5-9-14-11(13)7-3-4-8-12/h10H,3-9H2,1-2H3. The predicted octanol–water partition coefficient (Wildman–Crippen LogP) is 3.37. The molecule has 0 fully saturated rings. The summed E-state index contributed by atoms with van der Waals surface area (Å²) in [6, 6.07) is 0. The van der Waals surface area contributed by atoms with Crippen LogP contribution in [0.15, 0.2) is 0 Å². The third-order valence-electron chi connectivity index (χ3n) is 1.95. The Balaban J connectivity index is 3.18. The molecular weight excluding hydrogens is 200 g/mol. The fourth-order valence-corrected chi connectivity index (χ4v) is 1.30. The minimum absolute atomic E-state index is 0.0844. The molecular formula is C11H21ClO2. The van der Waals surface area contributed by atoms with Gasteiger partial charge in [-0.3, -0.25) is 4.79 Å². The highest BCUT2D eigenvalue weighted by molar-refractivity contribution is 6.17. The Hall–Kier alpha value is -0.240. The molecule has 0 saturated carbocycles. The van der Waals surface area contributed by atoms with Crippen molar-refractivity contribution < 1.29 is 9.53 Å². The average Bonchev–Trinajstić information content (AvgIpc) is 2.13. The van der Waals surface area contributed by atoms with Crippen molar-refractivity contribution in [3.05, 3.63) is 0 Å². The molecule has 14 heavy (non-hydrogen) atoms. The predicted molar refractivity (Wildman–Crippen MR) is 59.6 cm³/mol. The van der Waals surface area contributed by atoms with E-state index in [1.807, 2.05) is 0 Å². The van der Waals surface area contributed by atoms with Crippen molar-refractivity contribution in [1.29, 1.82) is 0 Å². The van der Waals surface area contributed by atoms with Gasteiger partial charge in [0.25, 0.3) is 0 Å². The second kappa shape index (κ2) is 9.32. The van der Waals surface area contributed by atoms with Gasteiger partial charge in [-0.15, -0.1) is 11.6 Å². The summed E-state index contributed by atoms with van der Waals surface area (Å²) in [7, 11) is 0. The number of halogens is 1. The number of carbonyl (C=O) groups is 1. The van der Waals surface area contributed by atoms with Crippen LogP contribution < -0.4 is 0 Å². The van der Waals surface area contributed by atoms with E-state index in [2.05, 4.69) is 13.8 Å². The van der Waals surface area contributed by atoms with Gasteiger partial charge in [-0.1, -0.05) is 13.8 Å². The quantitative estimate of drug-likeness (QED) is 0.356. The van der Waals surface area contributed by atoms with E-state index in [1.165, 1.54) is 0 Å². The molecule has 84 valence electrons. The normalized spacial score (nSPS) is 10.6. The minimum Gasteiger partial charge on any atom is -0.466 e. The van der Waals surface area contributed by atoms with E-state index in [1.54, 1.807) is 0 Å². The van der Waals surface area contributed by atoms with Gasteiger partial charge in [-0.05, 0) is 31.6 Å². The summed E-state index contributed by atoms with van der Waals surface area (Å²) in [5, 5.41) is 0. The van der Waals surface area contributed by atoms with Crippen molar-refractivity contribution in [1.82, 2.24) is 0 Å². The lowest BCUT2D eigenvalue weighted by Crippen LogP contribution is -2.06. The van der Waals surface area contributed by atoms with Crippen LogP contribution in [0.25, 0.3) is 0 Å². The molecule has 0 radical (unpaired) electrons. The average molecular weight is 221 g/mol. The van der Waals surface area contributed by atoms with E-state index in [9.17, 15) is 4.79 Å². The molecule has 0 saturated heterocycles. The zero-order valence-corrected chi connectivity index (χ0v) is 9.98. The maximum Gasteiger partial charge on any atom is 0.305 e. The molecule has 0 N–H and O–H groups in total. The number of alkyl halides is 1. The first kappa shape index (κ1) is 13.8. The summed E-state index contributed by atoms with van der Waals surface area (Å²) in [5.74, 6) is 1.23. The largest absolute Gasteiger partial charge is 0.466 e. The molecule has 0 bridgehead atoms. The number of hydrogen-bond donors (Lipinski definition) is 0. The highest BCUT2D eigenvalue weighted by atomic mass is 35.5. The molecule has 0 heterocycles. The summed E-state index contributed by atoms with van der Waals surface area (Å²) < 4.78 is 5.06. The highest BCUT2D eigenvalue weighted by Gasteiger charge is 2.02. The Bertz CT molecular complexity index is 146. The van der Waals surface area contributed by atoms with E-state index in [0.29, 0.717) is 24.8 Å². The first-order chi connectivity index (χ1) is 6.66. The van der Waals surface area contributed by atoms with Crippen molar-refractivity contribution >= 4 is 17.6 Å². The highest BCUT2D eigenvalue weighted by Crippen LogP contribution is 2.04. The Morgan fingerprint density at radius 1 is 1.29 bits per heavy atom. The third kappa shape index (κ3) is 9.85. The van der Waals surface area contributed by atoms with Crippen molar-refractivity contribution in [2.45, 2.75) is 46.0 Å². The number of rotatable bonds is 8. The molecule has 0 aliphatic heterocycles.